The molecule has 0 aromatic heterocycles. The molecule has 4 aliphatic rings. The lowest BCUT2D eigenvalue weighted by Crippen LogP contribution is -2.45. The van der Waals surface area contributed by atoms with Crippen LogP contribution in [-0.4, -0.2) is 22.4 Å². The van der Waals surface area contributed by atoms with Crippen LogP contribution in [0.5, 0.6) is 0 Å². The van der Waals surface area contributed by atoms with Crippen molar-refractivity contribution in [3.05, 3.63) is 23.3 Å². The molecule has 2 saturated carbocycles. The summed E-state index contributed by atoms with van der Waals surface area (Å²) < 4.78 is 0. The molecule has 0 heterocycles. The molecule has 4 rings (SSSR count). The van der Waals surface area contributed by atoms with Gasteiger partial charge in [-0.1, -0.05) is 26.0 Å². The zero-order valence-electron chi connectivity index (χ0n) is 14.9. The van der Waals surface area contributed by atoms with E-state index < -0.39 is 0 Å². The minimum atomic E-state index is -0.197. The second kappa shape index (κ2) is 5.20. The molecule has 0 aliphatic heterocycles. The average molecular weight is 316 g/mol. The molecule has 7 atom stereocenters. The zero-order valence-corrected chi connectivity index (χ0v) is 14.9. The Labute approximate surface area is 140 Å². The fourth-order valence-electron chi connectivity index (χ4n) is 6.66. The van der Waals surface area contributed by atoms with Crippen LogP contribution in [0, 0.1) is 28.6 Å². The maximum absolute atomic E-state index is 10.3. The molecule has 128 valence electrons. The number of fused-ring (bicyclic) bond motifs is 5. The first-order valence-electron chi connectivity index (χ1n) is 9.63. The third-order valence-corrected chi connectivity index (χ3v) is 8.12. The number of aliphatic hydroxyl groups excluding tert-OH is 2. The largest absolute Gasteiger partial charge is 0.393 e. The Morgan fingerprint density at radius 3 is 2.70 bits per heavy atom. The summed E-state index contributed by atoms with van der Waals surface area (Å²) in [6.45, 7) is 6.84. The SMILES string of the molecule is CC(O)[C@H]1CC[C@H]2C3=CCC4CC(O)CC[C@]4(C)C3=CC[C@]12C. The van der Waals surface area contributed by atoms with Crippen LogP contribution in [-0.2, 0) is 0 Å². The average Bonchev–Trinajstić information content (AvgIpc) is 2.85. The molecule has 3 unspecified atom stereocenters. The van der Waals surface area contributed by atoms with Crippen LogP contribution in [0.1, 0.15) is 65.7 Å². The predicted molar refractivity (Wildman–Crippen MR) is 92.9 cm³/mol. The topological polar surface area (TPSA) is 40.5 Å². The molecule has 0 spiro atoms. The predicted octanol–water partition coefficient (Wildman–Crippen LogP) is 4.23. The summed E-state index contributed by atoms with van der Waals surface area (Å²) in [7, 11) is 0. The molecule has 0 radical (unpaired) electrons. The molecule has 0 aromatic rings. The van der Waals surface area contributed by atoms with E-state index in [-0.39, 0.29) is 23.0 Å². The van der Waals surface area contributed by atoms with Gasteiger partial charge in [-0.2, -0.15) is 0 Å². The van der Waals surface area contributed by atoms with Crippen molar-refractivity contribution in [2.75, 3.05) is 0 Å². The van der Waals surface area contributed by atoms with Crippen molar-refractivity contribution in [2.45, 2.75) is 77.9 Å². The number of rotatable bonds is 1. The molecule has 2 N–H and O–H groups in total. The Hall–Kier alpha value is -0.600. The lowest BCUT2D eigenvalue weighted by atomic mass is 9.52. The highest BCUT2D eigenvalue weighted by Crippen LogP contribution is 2.64. The van der Waals surface area contributed by atoms with E-state index in [4.69, 9.17) is 0 Å². The van der Waals surface area contributed by atoms with E-state index in [0.717, 1.165) is 38.5 Å². The highest BCUT2D eigenvalue weighted by Gasteiger charge is 2.55. The van der Waals surface area contributed by atoms with Crippen LogP contribution >= 0.6 is 0 Å². The molecule has 2 heteroatoms. The second-order valence-corrected chi connectivity index (χ2v) is 9.24. The molecule has 4 aliphatic carbocycles. The molecule has 0 saturated heterocycles. The summed E-state index contributed by atoms with van der Waals surface area (Å²) in [5, 5.41) is 20.3. The van der Waals surface area contributed by atoms with Gasteiger partial charge in [-0.15, -0.1) is 0 Å². The summed E-state index contributed by atoms with van der Waals surface area (Å²) in [5.41, 5.74) is 3.72. The van der Waals surface area contributed by atoms with Crippen molar-refractivity contribution in [1.29, 1.82) is 0 Å². The normalized spacial score (nSPS) is 50.3. The Morgan fingerprint density at radius 1 is 1.17 bits per heavy atom. The molecular formula is C21H32O2. The maximum Gasteiger partial charge on any atom is 0.0545 e. The lowest BCUT2D eigenvalue weighted by molar-refractivity contribution is 0.0235. The van der Waals surface area contributed by atoms with Gasteiger partial charge >= 0.3 is 0 Å². The Kier molecular flexibility index (Phi) is 3.59. The smallest absolute Gasteiger partial charge is 0.0545 e. The highest BCUT2D eigenvalue weighted by molar-refractivity contribution is 5.46. The number of allylic oxidation sites excluding steroid dienone is 4. The molecule has 0 bridgehead atoms. The monoisotopic (exact) mass is 316 g/mol. The summed E-state index contributed by atoms with van der Waals surface area (Å²) in [6.07, 6.45) is 12.4. The van der Waals surface area contributed by atoms with Gasteiger partial charge in [0.2, 0.25) is 0 Å². The third kappa shape index (κ3) is 2.14. The van der Waals surface area contributed by atoms with Crippen molar-refractivity contribution in [3.8, 4) is 0 Å². The Balaban J connectivity index is 1.72. The summed E-state index contributed by atoms with van der Waals surface area (Å²) >= 11 is 0. The fraction of sp³-hybridized carbons (Fsp3) is 0.810. The van der Waals surface area contributed by atoms with Gasteiger partial charge in [0, 0.05) is 0 Å². The molecule has 2 nitrogen and oxygen atoms in total. The van der Waals surface area contributed by atoms with Crippen LogP contribution < -0.4 is 0 Å². The molecule has 23 heavy (non-hydrogen) atoms. The first-order chi connectivity index (χ1) is 10.9. The first kappa shape index (κ1) is 15.9. The van der Waals surface area contributed by atoms with E-state index in [0.29, 0.717) is 17.8 Å². The van der Waals surface area contributed by atoms with Gasteiger partial charge < -0.3 is 10.2 Å². The van der Waals surface area contributed by atoms with Crippen molar-refractivity contribution < 1.29 is 10.2 Å². The van der Waals surface area contributed by atoms with E-state index in [1.807, 2.05) is 6.92 Å². The highest BCUT2D eigenvalue weighted by atomic mass is 16.3. The van der Waals surface area contributed by atoms with E-state index in [9.17, 15) is 10.2 Å². The molecule has 0 amide bonds. The van der Waals surface area contributed by atoms with Gasteiger partial charge in [0.05, 0.1) is 12.2 Å². The molecule has 0 aromatic carbocycles. The van der Waals surface area contributed by atoms with Crippen molar-refractivity contribution in [2.24, 2.45) is 28.6 Å². The van der Waals surface area contributed by atoms with Gasteiger partial charge in [0.25, 0.3) is 0 Å². The standard InChI is InChI=1S/C21H32O2/c1-13(22)17-6-7-18-16-5-4-14-12-15(23)8-10-20(14,2)19(16)9-11-21(17,18)3/h5,9,13-15,17-18,22-23H,4,6-8,10-12H2,1-3H3/t13?,14?,15?,17-,18+,20+,21-/m1/s1. The molecule has 2 fully saturated rings. The van der Waals surface area contributed by atoms with Crippen LogP contribution in [0.4, 0.5) is 0 Å². The number of aliphatic hydroxyl groups is 2. The van der Waals surface area contributed by atoms with Crippen LogP contribution in [0.25, 0.3) is 0 Å². The molecular weight excluding hydrogens is 284 g/mol. The van der Waals surface area contributed by atoms with Gasteiger partial charge in [-0.25, -0.2) is 0 Å². The third-order valence-electron chi connectivity index (χ3n) is 8.12. The Morgan fingerprint density at radius 2 is 1.96 bits per heavy atom. The van der Waals surface area contributed by atoms with Crippen molar-refractivity contribution >= 4 is 0 Å². The van der Waals surface area contributed by atoms with Gasteiger partial charge in [0.15, 0.2) is 0 Å². The van der Waals surface area contributed by atoms with Crippen LogP contribution in [0.15, 0.2) is 23.3 Å². The van der Waals surface area contributed by atoms with E-state index in [1.54, 1.807) is 11.1 Å². The van der Waals surface area contributed by atoms with E-state index in [1.165, 1.54) is 6.42 Å². The minimum absolute atomic E-state index is 0.0939. The first-order valence-corrected chi connectivity index (χ1v) is 9.63. The fourth-order valence-corrected chi connectivity index (χ4v) is 6.66. The minimum Gasteiger partial charge on any atom is -0.393 e. The summed E-state index contributed by atoms with van der Waals surface area (Å²) in [6, 6.07) is 0. The van der Waals surface area contributed by atoms with Crippen LogP contribution in [0.2, 0.25) is 0 Å². The van der Waals surface area contributed by atoms with Gasteiger partial charge in [-0.3, -0.25) is 0 Å². The zero-order chi connectivity index (χ0) is 16.4. The second-order valence-electron chi connectivity index (χ2n) is 9.24. The summed E-state index contributed by atoms with van der Waals surface area (Å²) in [5.74, 6) is 1.68. The van der Waals surface area contributed by atoms with E-state index in [2.05, 4.69) is 26.0 Å². The quantitative estimate of drug-likeness (QED) is 0.760. The summed E-state index contributed by atoms with van der Waals surface area (Å²) in [4.78, 5) is 0. The maximum atomic E-state index is 10.3. The number of hydrogen-bond donors (Lipinski definition) is 2. The van der Waals surface area contributed by atoms with Gasteiger partial charge in [-0.05, 0) is 91.6 Å². The Bertz CT molecular complexity index is 560. The van der Waals surface area contributed by atoms with E-state index >= 15 is 0 Å². The van der Waals surface area contributed by atoms with Crippen molar-refractivity contribution in [3.63, 3.8) is 0 Å². The number of hydrogen-bond acceptors (Lipinski definition) is 2. The van der Waals surface area contributed by atoms with Gasteiger partial charge in [0.1, 0.15) is 0 Å². The lowest BCUT2D eigenvalue weighted by Gasteiger charge is -2.53. The van der Waals surface area contributed by atoms with Crippen molar-refractivity contribution in [1.82, 2.24) is 0 Å². The van der Waals surface area contributed by atoms with Crippen LogP contribution in [0.3, 0.4) is 0 Å².